The highest BCUT2D eigenvalue weighted by molar-refractivity contribution is 14.1. The summed E-state index contributed by atoms with van der Waals surface area (Å²) in [6.07, 6.45) is -1.33. The van der Waals surface area contributed by atoms with Crippen LogP contribution in [0.5, 0.6) is 11.5 Å². The first kappa shape index (κ1) is 38.8. The molecule has 0 radical (unpaired) electrons. The van der Waals surface area contributed by atoms with Gasteiger partial charge >= 0.3 is 30.1 Å². The largest absolute Gasteiger partial charge is 0.455 e. The van der Waals surface area contributed by atoms with Crippen molar-refractivity contribution in [2.24, 2.45) is 11.8 Å². The molecule has 0 saturated carbocycles. The normalized spacial score (nSPS) is 12.0. The molecule has 3 aromatic rings. The molecular formula is C36H41IN2O10. The SMILES string of the molecule is CC(C)C(NC(=O)OCc1ccccc1)C(=O)Oc1ccc(CCC(=O)OCI)cc1OC(=O)C(NC(=O)OCc1ccccc1)C(C)C. The second-order valence-electron chi connectivity index (χ2n) is 11.6. The Labute approximate surface area is 299 Å². The quantitative estimate of drug-likeness (QED) is 0.0558. The first-order valence-corrected chi connectivity index (χ1v) is 17.2. The summed E-state index contributed by atoms with van der Waals surface area (Å²) in [6, 6.07) is 20.4. The van der Waals surface area contributed by atoms with Gasteiger partial charge in [-0.15, -0.1) is 0 Å². The van der Waals surface area contributed by atoms with E-state index in [4.69, 9.17) is 23.7 Å². The molecule has 0 spiro atoms. The fraction of sp³-hybridized carbons (Fsp3) is 0.361. The van der Waals surface area contributed by atoms with Crippen molar-refractivity contribution in [1.82, 2.24) is 10.6 Å². The summed E-state index contributed by atoms with van der Waals surface area (Å²) in [4.78, 5) is 64.0. The van der Waals surface area contributed by atoms with E-state index in [1.807, 2.05) is 59.0 Å². The molecule has 3 aromatic carbocycles. The predicted octanol–water partition coefficient (Wildman–Crippen LogP) is 6.27. The van der Waals surface area contributed by atoms with Gasteiger partial charge in [-0.05, 0) is 69.7 Å². The Bertz CT molecular complexity index is 1550. The van der Waals surface area contributed by atoms with Gasteiger partial charge in [-0.2, -0.15) is 0 Å². The summed E-state index contributed by atoms with van der Waals surface area (Å²) >= 11 is 1.92. The van der Waals surface area contributed by atoms with Crippen LogP contribution in [0.25, 0.3) is 0 Å². The maximum Gasteiger partial charge on any atom is 0.408 e. The van der Waals surface area contributed by atoms with Gasteiger partial charge in [-0.3, -0.25) is 4.79 Å². The Hall–Kier alpha value is -4.66. The summed E-state index contributed by atoms with van der Waals surface area (Å²) in [5.74, 6) is -3.13. The standard InChI is InChI=1S/C36H41IN2O10/c1-23(2)31(38-35(43)45-20-26-11-7-5-8-12-26)33(41)48-28-17-15-25(16-18-30(40)47-22-37)19-29(28)49-34(42)32(24(3)4)39-36(44)46-21-27-13-9-6-10-14-27/h5-15,17,19,23-24,31-32H,16,18,20-22H2,1-4H3,(H,38,43)(H,39,44). The van der Waals surface area contributed by atoms with Crippen molar-refractivity contribution in [1.29, 1.82) is 0 Å². The summed E-state index contributed by atoms with van der Waals surface area (Å²) in [5.41, 5.74) is 2.13. The molecule has 2 unspecified atom stereocenters. The number of nitrogens with one attached hydrogen (secondary N) is 2. The Kier molecular flexibility index (Phi) is 15.8. The maximum atomic E-state index is 13.5. The Balaban J connectivity index is 1.76. The van der Waals surface area contributed by atoms with Gasteiger partial charge in [0.15, 0.2) is 11.5 Å². The number of alkyl halides is 1. The van der Waals surface area contributed by atoms with E-state index in [1.165, 1.54) is 12.1 Å². The Morgan fingerprint density at radius 3 is 1.53 bits per heavy atom. The molecule has 0 fully saturated rings. The third-order valence-corrected chi connectivity index (χ3v) is 7.39. The monoisotopic (exact) mass is 788 g/mol. The summed E-state index contributed by atoms with van der Waals surface area (Å²) in [7, 11) is 0. The lowest BCUT2D eigenvalue weighted by Crippen LogP contribution is -2.47. The zero-order valence-corrected chi connectivity index (χ0v) is 30.0. The van der Waals surface area contributed by atoms with Gasteiger partial charge in [0.2, 0.25) is 0 Å². The third-order valence-electron chi connectivity index (χ3n) is 7.08. The van der Waals surface area contributed by atoms with Crippen LogP contribution < -0.4 is 20.1 Å². The smallest absolute Gasteiger partial charge is 0.408 e. The van der Waals surface area contributed by atoms with Crippen molar-refractivity contribution in [3.05, 3.63) is 95.6 Å². The van der Waals surface area contributed by atoms with Crippen LogP contribution in [0.3, 0.4) is 0 Å². The zero-order valence-electron chi connectivity index (χ0n) is 27.8. The Morgan fingerprint density at radius 1 is 0.612 bits per heavy atom. The minimum absolute atomic E-state index is 0.000470. The van der Waals surface area contributed by atoms with Gasteiger partial charge in [-0.25, -0.2) is 19.2 Å². The molecule has 49 heavy (non-hydrogen) atoms. The van der Waals surface area contributed by atoms with E-state index in [-0.39, 0.29) is 42.2 Å². The number of esters is 3. The molecule has 2 amide bonds. The fourth-order valence-corrected chi connectivity index (χ4v) is 4.72. The molecule has 0 aliphatic carbocycles. The minimum Gasteiger partial charge on any atom is -0.455 e. The molecular weight excluding hydrogens is 747 g/mol. The number of alkyl carbamates (subject to hydrolysis) is 2. The van der Waals surface area contributed by atoms with Gasteiger partial charge in [0.25, 0.3) is 0 Å². The highest BCUT2D eigenvalue weighted by Gasteiger charge is 2.31. The molecule has 262 valence electrons. The molecule has 0 bridgehead atoms. The van der Waals surface area contributed by atoms with Gasteiger partial charge in [-0.1, -0.05) is 94.4 Å². The highest BCUT2D eigenvalue weighted by Crippen LogP contribution is 2.31. The first-order valence-electron chi connectivity index (χ1n) is 15.7. The minimum atomic E-state index is -1.13. The fourth-order valence-electron chi connectivity index (χ4n) is 4.37. The lowest BCUT2D eigenvalue weighted by molar-refractivity contribution is -0.141. The van der Waals surface area contributed by atoms with Crippen LogP contribution >= 0.6 is 22.6 Å². The number of hydrogen-bond donors (Lipinski definition) is 2. The second kappa shape index (κ2) is 20.0. The van der Waals surface area contributed by atoms with Gasteiger partial charge < -0.3 is 34.3 Å². The van der Waals surface area contributed by atoms with Crippen LogP contribution in [0.4, 0.5) is 9.59 Å². The van der Waals surface area contributed by atoms with Crippen molar-refractivity contribution < 1.29 is 47.7 Å². The molecule has 12 nitrogen and oxygen atoms in total. The second-order valence-corrected chi connectivity index (χ2v) is 12.2. The van der Waals surface area contributed by atoms with Crippen LogP contribution in [0, 0.1) is 11.8 Å². The number of carbonyl (C=O) groups excluding carboxylic acids is 5. The highest BCUT2D eigenvalue weighted by atomic mass is 127. The number of halogens is 1. The zero-order chi connectivity index (χ0) is 35.8. The van der Waals surface area contributed by atoms with E-state index in [2.05, 4.69) is 10.6 Å². The number of hydrogen-bond acceptors (Lipinski definition) is 10. The molecule has 0 aliphatic heterocycles. The van der Waals surface area contributed by atoms with E-state index in [0.717, 1.165) is 11.1 Å². The van der Waals surface area contributed by atoms with Crippen LogP contribution in [-0.2, 0) is 48.2 Å². The number of amides is 2. The summed E-state index contributed by atoms with van der Waals surface area (Å²) in [6.45, 7) is 6.88. The number of benzene rings is 3. The summed E-state index contributed by atoms with van der Waals surface area (Å²) in [5, 5.41) is 5.09. The molecule has 3 rings (SSSR count). The number of ether oxygens (including phenoxy) is 5. The van der Waals surface area contributed by atoms with Crippen molar-refractivity contribution in [2.45, 2.75) is 65.8 Å². The number of aryl methyl sites for hydroxylation is 1. The molecule has 2 N–H and O–H groups in total. The van der Waals surface area contributed by atoms with Crippen molar-refractivity contribution in [3.63, 3.8) is 0 Å². The van der Waals surface area contributed by atoms with Crippen molar-refractivity contribution in [3.8, 4) is 11.5 Å². The topological polar surface area (TPSA) is 156 Å². The molecule has 13 heteroatoms. The molecule has 0 saturated heterocycles. The van der Waals surface area contributed by atoms with E-state index >= 15 is 0 Å². The van der Waals surface area contributed by atoms with Crippen LogP contribution in [-0.4, -0.2) is 46.8 Å². The molecule has 0 heterocycles. The lowest BCUT2D eigenvalue weighted by atomic mass is 10.0. The van der Waals surface area contributed by atoms with E-state index in [0.29, 0.717) is 5.56 Å². The predicted molar refractivity (Wildman–Crippen MR) is 188 cm³/mol. The van der Waals surface area contributed by atoms with Crippen LogP contribution in [0.1, 0.15) is 50.8 Å². The van der Waals surface area contributed by atoms with E-state index in [9.17, 15) is 24.0 Å². The molecule has 2 atom stereocenters. The number of rotatable bonds is 16. The van der Waals surface area contributed by atoms with E-state index < -0.39 is 54.0 Å². The lowest BCUT2D eigenvalue weighted by Gasteiger charge is -2.23. The first-order chi connectivity index (χ1) is 23.5. The summed E-state index contributed by atoms with van der Waals surface area (Å²) < 4.78 is 27.2. The van der Waals surface area contributed by atoms with Crippen molar-refractivity contribution >= 4 is 52.7 Å². The average Bonchev–Trinajstić information content (AvgIpc) is 3.08. The maximum absolute atomic E-state index is 13.5. The van der Waals surface area contributed by atoms with Gasteiger partial charge in [0, 0.05) is 6.42 Å². The van der Waals surface area contributed by atoms with Gasteiger partial charge in [0.05, 0.1) is 0 Å². The average molecular weight is 789 g/mol. The molecule has 0 aliphatic rings. The van der Waals surface area contributed by atoms with E-state index in [1.54, 1.807) is 58.0 Å². The van der Waals surface area contributed by atoms with Crippen LogP contribution in [0.2, 0.25) is 0 Å². The van der Waals surface area contributed by atoms with Gasteiger partial charge in [0.1, 0.15) is 29.9 Å². The van der Waals surface area contributed by atoms with Crippen molar-refractivity contribution in [2.75, 3.05) is 4.61 Å². The number of carbonyl (C=O) groups is 5. The molecule has 0 aromatic heterocycles. The third kappa shape index (κ3) is 13.4. The Morgan fingerprint density at radius 2 is 1.08 bits per heavy atom. The van der Waals surface area contributed by atoms with Crippen LogP contribution in [0.15, 0.2) is 78.9 Å².